The lowest BCUT2D eigenvalue weighted by atomic mass is 10.1. The van der Waals surface area contributed by atoms with Crippen LogP contribution in [0.1, 0.15) is 51.9 Å². The van der Waals surface area contributed by atoms with E-state index in [1.54, 1.807) is 0 Å². The van der Waals surface area contributed by atoms with E-state index in [0.29, 0.717) is 3.92 Å². The summed E-state index contributed by atoms with van der Waals surface area (Å²) in [4.78, 5) is 0. The summed E-state index contributed by atoms with van der Waals surface area (Å²) in [6, 6.07) is 0. The lowest BCUT2D eigenvalue weighted by Crippen LogP contribution is -1.89. The Morgan fingerprint density at radius 2 is 1.64 bits per heavy atom. The maximum absolute atomic E-state index is 3.96. The highest BCUT2D eigenvalue weighted by molar-refractivity contribution is 14.1. The fourth-order valence-corrected chi connectivity index (χ4v) is 1.59. The summed E-state index contributed by atoms with van der Waals surface area (Å²) < 4.78 is 0.624. The Labute approximate surface area is 85.3 Å². The third kappa shape index (κ3) is 10.7. The third-order valence-corrected chi connectivity index (χ3v) is 2.49. The van der Waals surface area contributed by atoms with Gasteiger partial charge in [0.1, 0.15) is 0 Å². The van der Waals surface area contributed by atoms with Crippen LogP contribution in [0.5, 0.6) is 0 Å². The van der Waals surface area contributed by atoms with Gasteiger partial charge in [0.2, 0.25) is 0 Å². The van der Waals surface area contributed by atoms with Crippen LogP contribution < -0.4 is 0 Å². The molecule has 0 amide bonds. The van der Waals surface area contributed by atoms with E-state index in [2.05, 4.69) is 36.4 Å². The zero-order valence-corrected chi connectivity index (χ0v) is 9.77. The molecule has 11 heavy (non-hydrogen) atoms. The summed E-state index contributed by atoms with van der Waals surface area (Å²) in [5.41, 5.74) is 0. The smallest absolute Gasteiger partial charge is 0.0110 e. The van der Waals surface area contributed by atoms with Crippen molar-refractivity contribution in [1.82, 2.24) is 0 Å². The minimum absolute atomic E-state index is 0.624. The molecule has 1 heteroatoms. The van der Waals surface area contributed by atoms with Crippen molar-refractivity contribution in [3.63, 3.8) is 0 Å². The summed E-state index contributed by atoms with van der Waals surface area (Å²) in [6.45, 7) is 6.22. The van der Waals surface area contributed by atoms with E-state index in [9.17, 15) is 0 Å². The molecule has 0 aliphatic heterocycles. The topological polar surface area (TPSA) is 0 Å². The molecule has 0 fully saturated rings. The van der Waals surface area contributed by atoms with Gasteiger partial charge in [-0.15, -0.1) is 0 Å². The molecule has 0 heterocycles. The monoisotopic (exact) mass is 267 g/mol. The Hall–Kier alpha value is 0.730. The van der Waals surface area contributed by atoms with Crippen LogP contribution in [0.3, 0.4) is 0 Å². The molecule has 0 saturated heterocycles. The first kappa shape index (κ1) is 11.7. The Balaban J connectivity index is 2.80. The largest absolute Gasteiger partial charge is 0.0826 e. The Morgan fingerprint density at radius 3 is 2.18 bits per heavy atom. The molecule has 0 aliphatic rings. The molecule has 0 aromatic rings. The molecule has 1 atom stereocenters. The first-order valence-electron chi connectivity index (χ1n) is 4.74. The summed E-state index contributed by atoms with van der Waals surface area (Å²) in [7, 11) is 0. The molecule has 67 valence electrons. The van der Waals surface area contributed by atoms with E-state index >= 15 is 0 Å². The molecule has 0 saturated carbocycles. The van der Waals surface area contributed by atoms with Gasteiger partial charge in [-0.25, -0.2) is 0 Å². The van der Waals surface area contributed by atoms with E-state index in [4.69, 9.17) is 0 Å². The second kappa shape index (κ2) is 8.82. The molecule has 0 nitrogen and oxygen atoms in total. The van der Waals surface area contributed by atoms with Gasteiger partial charge in [0.25, 0.3) is 0 Å². The van der Waals surface area contributed by atoms with E-state index in [-0.39, 0.29) is 0 Å². The van der Waals surface area contributed by atoms with Crippen molar-refractivity contribution in [3.8, 4) is 0 Å². The first-order valence-corrected chi connectivity index (χ1v) is 5.99. The molecule has 0 aliphatic carbocycles. The van der Waals surface area contributed by atoms with Gasteiger partial charge in [0, 0.05) is 3.92 Å². The maximum atomic E-state index is 3.96. The molecular formula is C10H20I. The zero-order valence-electron chi connectivity index (χ0n) is 7.61. The van der Waals surface area contributed by atoms with Crippen LogP contribution >= 0.6 is 22.6 Å². The Morgan fingerprint density at radius 1 is 1.09 bits per heavy atom. The number of halogens is 1. The fraction of sp³-hybridized carbons (Fsp3) is 0.900. The number of hydrogen-bond donors (Lipinski definition) is 0. The highest BCUT2D eigenvalue weighted by Gasteiger charge is 1.94. The average Bonchev–Trinajstić information content (AvgIpc) is 1.96. The predicted molar refractivity (Wildman–Crippen MR) is 61.2 cm³/mol. The minimum Gasteiger partial charge on any atom is -0.0826 e. The van der Waals surface area contributed by atoms with E-state index in [1.807, 2.05) is 0 Å². The second-order valence-electron chi connectivity index (χ2n) is 3.15. The van der Waals surface area contributed by atoms with Gasteiger partial charge in [-0.1, -0.05) is 68.0 Å². The third-order valence-electron chi connectivity index (χ3n) is 1.87. The van der Waals surface area contributed by atoms with Gasteiger partial charge in [-0.05, 0) is 13.3 Å². The van der Waals surface area contributed by atoms with Crippen LogP contribution in [0.15, 0.2) is 0 Å². The van der Waals surface area contributed by atoms with Gasteiger partial charge in [0.05, 0.1) is 0 Å². The van der Waals surface area contributed by atoms with E-state index in [1.165, 1.54) is 44.9 Å². The van der Waals surface area contributed by atoms with Crippen molar-refractivity contribution in [3.05, 3.63) is 6.92 Å². The standard InChI is InChI=1S/C10H20I/c1-3-4-5-6-7-8-9-10(2)11/h10H,2-9H2,1H3. The van der Waals surface area contributed by atoms with Crippen molar-refractivity contribution in [1.29, 1.82) is 0 Å². The molecule has 0 rings (SSSR count). The zero-order chi connectivity index (χ0) is 8.53. The Kier molecular flexibility index (Phi) is 9.41. The summed E-state index contributed by atoms with van der Waals surface area (Å²) in [6.07, 6.45) is 9.71. The predicted octanol–water partition coefficient (Wildman–Crippen LogP) is 4.37. The van der Waals surface area contributed by atoms with Crippen LogP contribution in [-0.2, 0) is 0 Å². The van der Waals surface area contributed by atoms with E-state index in [0.717, 1.165) is 0 Å². The van der Waals surface area contributed by atoms with Crippen LogP contribution in [-0.4, -0.2) is 3.92 Å². The molecule has 0 spiro atoms. The molecule has 0 bridgehead atoms. The van der Waals surface area contributed by atoms with Crippen LogP contribution in [0.4, 0.5) is 0 Å². The molecule has 0 N–H and O–H groups in total. The summed E-state index contributed by atoms with van der Waals surface area (Å²) in [5.74, 6) is 0. The van der Waals surface area contributed by atoms with Gasteiger partial charge >= 0.3 is 0 Å². The highest BCUT2D eigenvalue weighted by Crippen LogP contribution is 2.12. The van der Waals surface area contributed by atoms with Crippen molar-refractivity contribution in [2.24, 2.45) is 0 Å². The fourth-order valence-electron chi connectivity index (χ4n) is 1.15. The quantitative estimate of drug-likeness (QED) is 0.365. The number of alkyl halides is 1. The molecule has 0 aromatic heterocycles. The van der Waals surface area contributed by atoms with Gasteiger partial charge in [-0.2, -0.15) is 0 Å². The maximum Gasteiger partial charge on any atom is 0.0110 e. The Bertz CT molecular complexity index is 69.3. The van der Waals surface area contributed by atoms with Crippen molar-refractivity contribution < 1.29 is 0 Å². The normalized spacial score (nSPS) is 13.4. The summed E-state index contributed by atoms with van der Waals surface area (Å²) >= 11 is 2.40. The van der Waals surface area contributed by atoms with Crippen LogP contribution in [0.25, 0.3) is 0 Å². The van der Waals surface area contributed by atoms with E-state index < -0.39 is 0 Å². The second-order valence-corrected chi connectivity index (χ2v) is 4.92. The number of rotatable bonds is 7. The van der Waals surface area contributed by atoms with Crippen molar-refractivity contribution in [2.75, 3.05) is 0 Å². The average molecular weight is 267 g/mol. The van der Waals surface area contributed by atoms with Crippen molar-refractivity contribution in [2.45, 2.75) is 55.8 Å². The first-order chi connectivity index (χ1) is 5.27. The lowest BCUT2D eigenvalue weighted by Gasteiger charge is -2.01. The van der Waals surface area contributed by atoms with Crippen molar-refractivity contribution >= 4 is 22.6 Å². The number of unbranched alkanes of at least 4 members (excludes halogenated alkanes) is 5. The molecule has 1 unspecified atom stereocenters. The van der Waals surface area contributed by atoms with Gasteiger partial charge in [0.15, 0.2) is 0 Å². The molecular weight excluding hydrogens is 247 g/mol. The summed E-state index contributed by atoms with van der Waals surface area (Å²) in [5, 5.41) is 0. The minimum atomic E-state index is 0.624. The molecule has 1 radical (unpaired) electrons. The van der Waals surface area contributed by atoms with Gasteiger partial charge in [-0.3, -0.25) is 0 Å². The number of hydrogen-bond acceptors (Lipinski definition) is 0. The van der Waals surface area contributed by atoms with Crippen LogP contribution in [0, 0.1) is 6.92 Å². The molecule has 0 aromatic carbocycles. The highest BCUT2D eigenvalue weighted by atomic mass is 127. The SMILES string of the molecule is [CH2]C(I)CCCCCCCC. The van der Waals surface area contributed by atoms with Gasteiger partial charge < -0.3 is 0 Å². The lowest BCUT2D eigenvalue weighted by molar-refractivity contribution is 0.597. The van der Waals surface area contributed by atoms with Crippen LogP contribution in [0.2, 0.25) is 0 Å².